The Morgan fingerprint density at radius 1 is 0.966 bits per heavy atom. The molecule has 0 radical (unpaired) electrons. The van der Waals surface area contributed by atoms with E-state index in [1.165, 1.54) is 23.5 Å². The summed E-state index contributed by atoms with van der Waals surface area (Å²) in [6.07, 6.45) is 1.62. The lowest BCUT2D eigenvalue weighted by molar-refractivity contribution is 0.105. The molecule has 3 nitrogen and oxygen atoms in total. The molecule has 0 atom stereocenters. The van der Waals surface area contributed by atoms with Gasteiger partial charge in [0.1, 0.15) is 5.82 Å². The molecule has 4 aromatic rings. The highest BCUT2D eigenvalue weighted by molar-refractivity contribution is 7.12. The molecule has 5 heteroatoms. The molecule has 0 unspecified atom stereocenters. The molecular formula is C24H19FN2OS. The average molecular weight is 402 g/mol. The third kappa shape index (κ3) is 4.70. The highest BCUT2D eigenvalue weighted by atomic mass is 32.1. The summed E-state index contributed by atoms with van der Waals surface area (Å²) < 4.78 is 13.2. The van der Waals surface area contributed by atoms with Crippen LogP contribution in [0.4, 0.5) is 4.39 Å². The van der Waals surface area contributed by atoms with E-state index in [2.05, 4.69) is 10.3 Å². The van der Waals surface area contributed by atoms with Gasteiger partial charge in [-0.3, -0.25) is 4.79 Å². The Balaban J connectivity index is 1.62. The zero-order valence-electron chi connectivity index (χ0n) is 15.6. The molecule has 0 saturated carbocycles. The minimum Gasteiger partial charge on any atom is -0.379 e. The van der Waals surface area contributed by atoms with Gasteiger partial charge in [-0.1, -0.05) is 36.4 Å². The van der Waals surface area contributed by atoms with Gasteiger partial charge < -0.3 is 10.3 Å². The molecule has 0 aliphatic carbocycles. The summed E-state index contributed by atoms with van der Waals surface area (Å²) in [5.41, 5.74) is 4.36. The number of aromatic nitrogens is 1. The third-order valence-corrected chi connectivity index (χ3v) is 5.38. The summed E-state index contributed by atoms with van der Waals surface area (Å²) in [5.74, 6) is -0.319. The monoisotopic (exact) mass is 402 g/mol. The van der Waals surface area contributed by atoms with Crippen LogP contribution in [0.25, 0.3) is 17.0 Å². The summed E-state index contributed by atoms with van der Waals surface area (Å²) in [6, 6.07) is 23.8. The van der Waals surface area contributed by atoms with Crippen molar-refractivity contribution < 1.29 is 9.18 Å². The van der Waals surface area contributed by atoms with Crippen molar-refractivity contribution in [3.63, 3.8) is 0 Å². The highest BCUT2D eigenvalue weighted by Crippen LogP contribution is 2.22. The molecule has 0 aliphatic heterocycles. The quantitative estimate of drug-likeness (QED) is 0.299. The Morgan fingerprint density at radius 2 is 1.76 bits per heavy atom. The van der Waals surface area contributed by atoms with Crippen LogP contribution in [0.1, 0.15) is 20.9 Å². The Hall–Kier alpha value is -3.44. The number of H-pyrrole nitrogens is 1. The lowest BCUT2D eigenvalue weighted by atomic mass is 10.1. The summed E-state index contributed by atoms with van der Waals surface area (Å²) in [4.78, 5) is 16.7. The van der Waals surface area contributed by atoms with Crippen LogP contribution in [0.15, 0.2) is 90.3 Å². The van der Waals surface area contributed by atoms with Gasteiger partial charge in [-0.2, -0.15) is 0 Å². The molecule has 0 saturated heterocycles. The second-order valence-corrected chi connectivity index (χ2v) is 7.48. The lowest BCUT2D eigenvalue weighted by Gasteiger charge is -2.10. The van der Waals surface area contributed by atoms with Crippen LogP contribution in [-0.4, -0.2) is 10.8 Å². The highest BCUT2D eigenvalue weighted by Gasteiger charge is 2.11. The maximum Gasteiger partial charge on any atom is 0.197 e. The minimum atomic E-state index is -0.271. The molecule has 144 valence electrons. The number of benzene rings is 2. The third-order valence-electron chi connectivity index (χ3n) is 4.50. The maximum absolute atomic E-state index is 13.2. The van der Waals surface area contributed by atoms with Crippen LogP contribution in [0.2, 0.25) is 0 Å². The van der Waals surface area contributed by atoms with E-state index in [1.54, 1.807) is 18.2 Å². The molecule has 0 fully saturated rings. The molecule has 4 rings (SSSR count). The van der Waals surface area contributed by atoms with Gasteiger partial charge in [0.15, 0.2) is 5.78 Å². The fourth-order valence-electron chi connectivity index (χ4n) is 2.99. The molecule has 0 spiro atoms. The predicted molar refractivity (Wildman–Crippen MR) is 116 cm³/mol. The van der Waals surface area contributed by atoms with E-state index in [9.17, 15) is 9.18 Å². The average Bonchev–Trinajstić information content (AvgIpc) is 3.45. The fraction of sp³-hybridized carbons (Fsp3) is 0.0417. The maximum atomic E-state index is 13.2. The van der Waals surface area contributed by atoms with Gasteiger partial charge >= 0.3 is 0 Å². The number of ketones is 1. The Kier molecular flexibility index (Phi) is 5.68. The molecule has 0 bridgehead atoms. The Morgan fingerprint density at radius 3 is 2.48 bits per heavy atom. The van der Waals surface area contributed by atoms with Crippen LogP contribution in [0.5, 0.6) is 0 Å². The van der Waals surface area contributed by atoms with Crippen molar-refractivity contribution in [3.05, 3.63) is 112 Å². The smallest absolute Gasteiger partial charge is 0.197 e. The summed E-state index contributed by atoms with van der Waals surface area (Å²) in [6.45, 7) is 0.593. The first-order chi connectivity index (χ1) is 14.2. The molecular weight excluding hydrogens is 383 g/mol. The lowest BCUT2D eigenvalue weighted by Crippen LogP contribution is -2.13. The number of carbonyl (C=O) groups excluding carboxylic acids is 1. The SMILES string of the molecule is O=C(/C=C(/NCc1ccccc1)c1ccc(-c2ccc(F)cc2)[nH]1)c1cccs1. The van der Waals surface area contributed by atoms with E-state index >= 15 is 0 Å². The number of rotatable bonds is 7. The molecule has 29 heavy (non-hydrogen) atoms. The molecule has 2 heterocycles. The molecule has 0 aliphatic rings. The second-order valence-electron chi connectivity index (χ2n) is 6.53. The van der Waals surface area contributed by atoms with Crippen molar-refractivity contribution in [2.24, 2.45) is 0 Å². The number of allylic oxidation sites excluding steroid dienone is 1. The van der Waals surface area contributed by atoms with Crippen molar-refractivity contribution in [2.45, 2.75) is 6.54 Å². The fourth-order valence-corrected chi connectivity index (χ4v) is 3.62. The van der Waals surface area contributed by atoms with Gasteiger partial charge in [-0.15, -0.1) is 11.3 Å². The molecule has 2 aromatic carbocycles. The van der Waals surface area contributed by atoms with Crippen LogP contribution in [0, 0.1) is 5.82 Å². The van der Waals surface area contributed by atoms with Crippen LogP contribution in [-0.2, 0) is 6.54 Å². The number of hydrogen-bond acceptors (Lipinski definition) is 3. The van der Waals surface area contributed by atoms with E-state index in [0.29, 0.717) is 17.1 Å². The Bertz CT molecular complexity index is 1110. The van der Waals surface area contributed by atoms with Gasteiger partial charge in [0.2, 0.25) is 0 Å². The van der Waals surface area contributed by atoms with E-state index in [1.807, 2.05) is 60.0 Å². The van der Waals surface area contributed by atoms with Crippen molar-refractivity contribution in [1.29, 1.82) is 0 Å². The van der Waals surface area contributed by atoms with Crippen molar-refractivity contribution in [3.8, 4) is 11.3 Å². The first-order valence-corrected chi connectivity index (χ1v) is 10.1. The van der Waals surface area contributed by atoms with E-state index < -0.39 is 0 Å². The van der Waals surface area contributed by atoms with Crippen LogP contribution < -0.4 is 5.32 Å². The summed E-state index contributed by atoms with van der Waals surface area (Å²) in [7, 11) is 0. The van der Waals surface area contributed by atoms with Gasteiger partial charge in [0, 0.05) is 18.3 Å². The Labute approximate surface area is 172 Å². The second kappa shape index (κ2) is 8.71. The number of thiophene rings is 1. The number of hydrogen-bond donors (Lipinski definition) is 2. The van der Waals surface area contributed by atoms with Crippen molar-refractivity contribution in [1.82, 2.24) is 10.3 Å². The van der Waals surface area contributed by atoms with Gasteiger partial charge in [-0.25, -0.2) is 4.39 Å². The van der Waals surface area contributed by atoms with Crippen LogP contribution >= 0.6 is 11.3 Å². The molecule has 2 N–H and O–H groups in total. The van der Waals surface area contributed by atoms with E-state index in [0.717, 1.165) is 22.5 Å². The van der Waals surface area contributed by atoms with E-state index in [4.69, 9.17) is 0 Å². The summed E-state index contributed by atoms with van der Waals surface area (Å²) in [5, 5.41) is 5.26. The van der Waals surface area contributed by atoms with E-state index in [-0.39, 0.29) is 11.6 Å². The van der Waals surface area contributed by atoms with Gasteiger partial charge in [0.05, 0.1) is 16.3 Å². The van der Waals surface area contributed by atoms with Gasteiger partial charge in [0.25, 0.3) is 0 Å². The molecule has 0 amide bonds. The first-order valence-electron chi connectivity index (χ1n) is 9.22. The normalized spacial score (nSPS) is 11.4. The first kappa shape index (κ1) is 18.9. The minimum absolute atomic E-state index is 0.0477. The number of aromatic amines is 1. The topological polar surface area (TPSA) is 44.9 Å². The van der Waals surface area contributed by atoms with Gasteiger partial charge in [-0.05, 0) is 59.0 Å². The number of nitrogens with one attached hydrogen (secondary N) is 2. The molecule has 2 aromatic heterocycles. The standard InChI is InChI=1S/C24H19FN2OS/c25-19-10-8-18(9-11-19)20-12-13-21(27-20)22(15-23(28)24-7-4-14-29-24)26-16-17-5-2-1-3-6-17/h1-15,26-27H,16H2/b22-15+. The predicted octanol–water partition coefficient (Wildman–Crippen LogP) is 5.90. The zero-order valence-corrected chi connectivity index (χ0v) is 16.4. The number of carbonyl (C=O) groups is 1. The zero-order chi connectivity index (χ0) is 20.1. The largest absolute Gasteiger partial charge is 0.379 e. The van der Waals surface area contributed by atoms with Crippen LogP contribution in [0.3, 0.4) is 0 Å². The van der Waals surface area contributed by atoms with Crippen molar-refractivity contribution in [2.75, 3.05) is 0 Å². The van der Waals surface area contributed by atoms with Crippen molar-refractivity contribution >= 4 is 22.8 Å². The summed E-state index contributed by atoms with van der Waals surface area (Å²) >= 11 is 1.42. The number of halogens is 1.